The lowest BCUT2D eigenvalue weighted by molar-refractivity contribution is -0.118. The molecule has 1 unspecified atom stereocenters. The molecular weight excluding hydrogens is 354 g/mol. The molecule has 1 aromatic carbocycles. The van der Waals surface area contributed by atoms with E-state index < -0.39 is 0 Å². The highest BCUT2D eigenvalue weighted by atomic mass is 16.5. The predicted octanol–water partition coefficient (Wildman–Crippen LogP) is 2.78. The van der Waals surface area contributed by atoms with E-state index in [1.807, 2.05) is 49.5 Å². The summed E-state index contributed by atoms with van der Waals surface area (Å²) in [5.74, 6) is 1.65. The maximum absolute atomic E-state index is 13.2. The van der Waals surface area contributed by atoms with Crippen molar-refractivity contribution in [1.29, 1.82) is 0 Å². The van der Waals surface area contributed by atoms with Gasteiger partial charge in [0.1, 0.15) is 24.2 Å². The van der Waals surface area contributed by atoms with Gasteiger partial charge in [-0.05, 0) is 37.6 Å². The Labute approximate surface area is 163 Å². The van der Waals surface area contributed by atoms with Gasteiger partial charge in [0.05, 0.1) is 18.4 Å². The molecule has 1 fully saturated rings. The van der Waals surface area contributed by atoms with Gasteiger partial charge >= 0.3 is 0 Å². The average molecular weight is 375 g/mol. The number of rotatable bonds is 3. The highest BCUT2D eigenvalue weighted by Crippen LogP contribution is 2.35. The second-order valence-corrected chi connectivity index (χ2v) is 7.09. The molecule has 3 aromatic rings. The number of H-pyrrole nitrogens is 1. The molecule has 1 amide bonds. The van der Waals surface area contributed by atoms with Crippen molar-refractivity contribution in [3.8, 4) is 16.9 Å². The first kappa shape index (κ1) is 16.8. The normalized spacial score (nSPS) is 18.9. The number of aromatic amines is 1. The van der Waals surface area contributed by atoms with Crippen molar-refractivity contribution in [2.45, 2.75) is 19.4 Å². The largest absolute Gasteiger partial charge is 0.490 e. The van der Waals surface area contributed by atoms with Crippen molar-refractivity contribution in [1.82, 2.24) is 15.2 Å². The molecule has 7 nitrogen and oxygen atoms in total. The van der Waals surface area contributed by atoms with Gasteiger partial charge in [-0.1, -0.05) is 12.1 Å². The lowest BCUT2D eigenvalue weighted by atomic mass is 10.1. The second-order valence-electron chi connectivity index (χ2n) is 7.09. The van der Waals surface area contributed by atoms with E-state index in [0.717, 1.165) is 34.7 Å². The minimum Gasteiger partial charge on any atom is -0.490 e. The van der Waals surface area contributed by atoms with Crippen LogP contribution in [-0.4, -0.2) is 46.8 Å². The lowest BCUT2D eigenvalue weighted by Crippen LogP contribution is -2.46. The van der Waals surface area contributed by atoms with Crippen LogP contribution >= 0.6 is 0 Å². The molecule has 0 spiro atoms. The fraction of sp³-hybridized carbons (Fsp3) is 0.286. The van der Waals surface area contributed by atoms with Crippen LogP contribution in [0, 0.1) is 6.92 Å². The number of hydrogen-bond acceptors (Lipinski definition) is 5. The summed E-state index contributed by atoms with van der Waals surface area (Å²) < 4.78 is 5.74. The second kappa shape index (κ2) is 6.67. The molecule has 0 bridgehead atoms. The maximum atomic E-state index is 13.2. The topological polar surface area (TPSA) is 74.3 Å². The minimum absolute atomic E-state index is 0.0969. The average Bonchev–Trinajstić information content (AvgIpc) is 3.37. The summed E-state index contributed by atoms with van der Waals surface area (Å²) in [7, 11) is 0. The van der Waals surface area contributed by atoms with Crippen molar-refractivity contribution in [3.63, 3.8) is 0 Å². The van der Waals surface area contributed by atoms with Crippen molar-refractivity contribution < 1.29 is 9.53 Å². The van der Waals surface area contributed by atoms with Crippen LogP contribution in [0.3, 0.4) is 0 Å². The first-order chi connectivity index (χ1) is 13.7. The first-order valence-electron chi connectivity index (χ1n) is 9.49. The zero-order chi connectivity index (χ0) is 19.1. The number of fused-ring (bicyclic) bond motifs is 1. The number of para-hydroxylation sites is 2. The van der Waals surface area contributed by atoms with Gasteiger partial charge in [-0.15, -0.1) is 0 Å². The number of hydrogen-bond donors (Lipinski definition) is 1. The molecule has 0 radical (unpaired) electrons. The van der Waals surface area contributed by atoms with Crippen molar-refractivity contribution in [2.24, 2.45) is 0 Å². The summed E-state index contributed by atoms with van der Waals surface area (Å²) in [4.78, 5) is 21.9. The van der Waals surface area contributed by atoms with E-state index in [1.54, 1.807) is 11.1 Å². The zero-order valence-corrected chi connectivity index (χ0v) is 15.6. The summed E-state index contributed by atoms with van der Waals surface area (Å²) in [6.07, 6.45) is 4.39. The van der Waals surface area contributed by atoms with Gasteiger partial charge in [0.25, 0.3) is 5.91 Å². The number of anilines is 2. The molecule has 28 heavy (non-hydrogen) atoms. The Bertz CT molecular complexity index is 1020. The third-order valence-electron chi connectivity index (χ3n) is 5.47. The Morgan fingerprint density at radius 3 is 2.89 bits per heavy atom. The Hall–Kier alpha value is -3.35. The van der Waals surface area contributed by atoms with Crippen LogP contribution in [0.25, 0.3) is 11.1 Å². The minimum atomic E-state index is -0.180. The van der Waals surface area contributed by atoms with Gasteiger partial charge in [0, 0.05) is 29.6 Å². The molecule has 0 aliphatic carbocycles. The van der Waals surface area contributed by atoms with Gasteiger partial charge in [0.15, 0.2) is 0 Å². The summed E-state index contributed by atoms with van der Waals surface area (Å²) in [5.41, 5.74) is 3.88. The smallest absolute Gasteiger partial charge is 0.250 e. The van der Waals surface area contributed by atoms with Gasteiger partial charge in [-0.3, -0.25) is 14.8 Å². The molecule has 2 aromatic heterocycles. The highest BCUT2D eigenvalue weighted by Gasteiger charge is 2.39. The predicted molar refractivity (Wildman–Crippen MR) is 107 cm³/mol. The van der Waals surface area contributed by atoms with E-state index in [2.05, 4.69) is 15.1 Å². The highest BCUT2D eigenvalue weighted by molar-refractivity contribution is 6.01. The molecule has 4 heterocycles. The number of aryl methyl sites for hydroxylation is 1. The number of aromatic nitrogens is 3. The quantitative estimate of drug-likeness (QED) is 0.762. The molecule has 5 rings (SSSR count). The van der Waals surface area contributed by atoms with Crippen molar-refractivity contribution in [3.05, 3.63) is 54.5 Å². The molecule has 0 saturated carbocycles. The zero-order valence-electron chi connectivity index (χ0n) is 15.6. The summed E-state index contributed by atoms with van der Waals surface area (Å²) >= 11 is 0. The molecule has 142 valence electrons. The van der Waals surface area contributed by atoms with E-state index in [4.69, 9.17) is 9.72 Å². The fourth-order valence-corrected chi connectivity index (χ4v) is 4.10. The van der Waals surface area contributed by atoms with Gasteiger partial charge in [-0.25, -0.2) is 4.98 Å². The van der Waals surface area contributed by atoms with E-state index in [0.29, 0.717) is 25.5 Å². The summed E-state index contributed by atoms with van der Waals surface area (Å²) in [6, 6.07) is 11.7. The molecule has 1 N–H and O–H groups in total. The van der Waals surface area contributed by atoms with Crippen LogP contribution in [0.1, 0.15) is 12.1 Å². The standard InChI is InChI=1S/C21H21N5O2/c1-14-16(15-12-22-23-13-15)6-7-20(24-14)26-9-8-18(21(26)27)25-10-11-28-19-5-3-2-4-17(19)25/h2-7,12-13,18H,8-11H2,1H3,(H,22,23). The van der Waals surface area contributed by atoms with Crippen LogP contribution in [0.15, 0.2) is 48.8 Å². The molecule has 7 heteroatoms. The molecular formula is C21H21N5O2. The van der Waals surface area contributed by atoms with E-state index in [9.17, 15) is 4.79 Å². The number of nitrogens with zero attached hydrogens (tertiary/aromatic N) is 4. The summed E-state index contributed by atoms with van der Waals surface area (Å²) in [5, 5.41) is 6.82. The van der Waals surface area contributed by atoms with Gasteiger partial charge in [-0.2, -0.15) is 5.10 Å². The van der Waals surface area contributed by atoms with Gasteiger partial charge < -0.3 is 9.64 Å². The van der Waals surface area contributed by atoms with E-state index in [1.165, 1.54) is 0 Å². The lowest BCUT2D eigenvalue weighted by Gasteiger charge is -2.34. The molecule has 2 aliphatic heterocycles. The van der Waals surface area contributed by atoms with Crippen LogP contribution in [0.2, 0.25) is 0 Å². The number of carbonyl (C=O) groups is 1. The number of ether oxygens (including phenoxy) is 1. The van der Waals surface area contributed by atoms with Gasteiger partial charge in [0.2, 0.25) is 0 Å². The van der Waals surface area contributed by atoms with E-state index >= 15 is 0 Å². The summed E-state index contributed by atoms with van der Waals surface area (Å²) in [6.45, 7) is 3.94. The number of benzene rings is 1. The SMILES string of the molecule is Cc1nc(N2CCC(N3CCOc4ccccc43)C2=O)ccc1-c1cn[nH]c1. The van der Waals surface area contributed by atoms with Crippen molar-refractivity contribution in [2.75, 3.05) is 29.5 Å². The number of carbonyl (C=O) groups excluding carboxylic acids is 1. The Kier molecular flexibility index (Phi) is 4.00. The molecule has 1 saturated heterocycles. The molecule has 2 aliphatic rings. The van der Waals surface area contributed by atoms with E-state index in [-0.39, 0.29) is 11.9 Å². The maximum Gasteiger partial charge on any atom is 0.250 e. The first-order valence-corrected chi connectivity index (χ1v) is 9.49. The van der Waals surface area contributed by atoms with Crippen LogP contribution in [-0.2, 0) is 4.79 Å². The Morgan fingerprint density at radius 2 is 2.07 bits per heavy atom. The van der Waals surface area contributed by atoms with Crippen LogP contribution in [0.4, 0.5) is 11.5 Å². The number of nitrogens with one attached hydrogen (secondary N) is 1. The number of pyridine rings is 1. The third-order valence-corrected chi connectivity index (χ3v) is 5.47. The monoisotopic (exact) mass is 375 g/mol. The third kappa shape index (κ3) is 2.70. The Balaban J connectivity index is 1.41. The van der Waals surface area contributed by atoms with Crippen LogP contribution in [0.5, 0.6) is 5.75 Å². The van der Waals surface area contributed by atoms with Crippen LogP contribution < -0.4 is 14.5 Å². The Morgan fingerprint density at radius 1 is 1.18 bits per heavy atom. The fourth-order valence-electron chi connectivity index (χ4n) is 4.10. The molecule has 1 atom stereocenters. The van der Waals surface area contributed by atoms with Crippen molar-refractivity contribution >= 4 is 17.4 Å². The number of amides is 1.